The number of hydrogen-bond acceptors (Lipinski definition) is 3. The lowest BCUT2D eigenvalue weighted by molar-refractivity contribution is -0.127. The number of carbonyl (C=O) groups excluding carboxylic acids is 2. The van der Waals surface area contributed by atoms with Crippen molar-refractivity contribution in [2.75, 3.05) is 20.6 Å². The van der Waals surface area contributed by atoms with Crippen molar-refractivity contribution in [3.63, 3.8) is 0 Å². The number of nitrogens with one attached hydrogen (secondary N) is 1. The molecule has 0 aliphatic rings. The molecule has 27 heavy (non-hydrogen) atoms. The van der Waals surface area contributed by atoms with Crippen LogP contribution in [0.3, 0.4) is 0 Å². The van der Waals surface area contributed by atoms with E-state index in [9.17, 15) is 9.59 Å². The summed E-state index contributed by atoms with van der Waals surface area (Å²) in [6, 6.07) is 18.3. The Morgan fingerprint density at radius 2 is 1.74 bits per heavy atom. The Hall–Kier alpha value is -3.12. The lowest BCUT2D eigenvalue weighted by Gasteiger charge is -2.11. The molecule has 1 N–H and O–H groups in total. The molecule has 2 amide bonds. The van der Waals surface area contributed by atoms with Gasteiger partial charge in [0, 0.05) is 24.7 Å². The van der Waals surface area contributed by atoms with Crippen LogP contribution < -0.4 is 5.32 Å². The molecule has 0 fully saturated rings. The van der Waals surface area contributed by atoms with E-state index >= 15 is 0 Å². The number of halogens is 1. The average molecular weight is 383 g/mol. The summed E-state index contributed by atoms with van der Waals surface area (Å²) in [5.74, 6) is -0.561. The van der Waals surface area contributed by atoms with Crippen LogP contribution in [0.15, 0.2) is 60.7 Å². The van der Waals surface area contributed by atoms with Crippen LogP contribution in [-0.2, 0) is 4.79 Å². The summed E-state index contributed by atoms with van der Waals surface area (Å²) in [4.78, 5) is 25.9. The van der Waals surface area contributed by atoms with E-state index in [0.29, 0.717) is 16.4 Å². The first-order valence-electron chi connectivity index (χ1n) is 8.35. The summed E-state index contributed by atoms with van der Waals surface area (Å²) < 4.78 is 1.57. The monoisotopic (exact) mass is 382 g/mol. The molecule has 0 unspecified atom stereocenters. The largest absolute Gasteiger partial charge is 0.347 e. The van der Waals surface area contributed by atoms with Gasteiger partial charge in [-0.25, -0.2) is 4.68 Å². The first kappa shape index (κ1) is 18.7. The van der Waals surface area contributed by atoms with E-state index < -0.39 is 0 Å². The fourth-order valence-electron chi connectivity index (χ4n) is 2.48. The number of likely N-dealkylation sites (N-methyl/N-ethyl adjacent to an activating group) is 1. The minimum Gasteiger partial charge on any atom is -0.347 e. The third-order valence-electron chi connectivity index (χ3n) is 3.98. The molecule has 0 spiro atoms. The predicted octanol–water partition coefficient (Wildman–Crippen LogP) is 3.01. The lowest BCUT2D eigenvalue weighted by Crippen LogP contribution is -2.36. The van der Waals surface area contributed by atoms with E-state index in [1.807, 2.05) is 42.5 Å². The number of amides is 2. The molecular weight excluding hydrogens is 364 g/mol. The van der Waals surface area contributed by atoms with E-state index in [1.165, 1.54) is 4.90 Å². The van der Waals surface area contributed by atoms with Gasteiger partial charge in [-0.15, -0.1) is 0 Å². The van der Waals surface area contributed by atoms with Crippen LogP contribution in [0, 0.1) is 0 Å². The smallest absolute Gasteiger partial charge is 0.270 e. The minimum absolute atomic E-state index is 0.0813. The van der Waals surface area contributed by atoms with Crippen LogP contribution >= 0.6 is 11.6 Å². The molecule has 3 aromatic rings. The van der Waals surface area contributed by atoms with Crippen molar-refractivity contribution < 1.29 is 9.59 Å². The molecule has 0 atom stereocenters. The molecule has 1 heterocycles. The molecule has 0 bridgehead atoms. The van der Waals surface area contributed by atoms with Gasteiger partial charge in [-0.05, 0) is 30.3 Å². The van der Waals surface area contributed by atoms with Crippen molar-refractivity contribution in [1.82, 2.24) is 20.0 Å². The Balaban J connectivity index is 1.96. The van der Waals surface area contributed by atoms with Gasteiger partial charge in [0.05, 0.1) is 17.9 Å². The summed E-state index contributed by atoms with van der Waals surface area (Å²) >= 11 is 5.95. The molecule has 0 aliphatic heterocycles. The normalized spacial score (nSPS) is 10.5. The molecular formula is C20H19ClN4O2. The van der Waals surface area contributed by atoms with Crippen molar-refractivity contribution in [1.29, 1.82) is 0 Å². The summed E-state index contributed by atoms with van der Waals surface area (Å²) in [7, 11) is 3.28. The second-order valence-electron chi connectivity index (χ2n) is 6.14. The maximum absolute atomic E-state index is 12.7. The van der Waals surface area contributed by atoms with Gasteiger partial charge >= 0.3 is 0 Å². The molecule has 1 aromatic heterocycles. The van der Waals surface area contributed by atoms with Gasteiger partial charge in [0.25, 0.3) is 5.91 Å². The Labute approximate surface area is 162 Å². The van der Waals surface area contributed by atoms with Gasteiger partial charge in [0.15, 0.2) is 0 Å². The average Bonchev–Trinajstić information content (AvgIpc) is 3.12. The van der Waals surface area contributed by atoms with Crippen LogP contribution in [0.5, 0.6) is 0 Å². The van der Waals surface area contributed by atoms with Gasteiger partial charge in [-0.1, -0.05) is 41.9 Å². The molecule has 3 rings (SSSR count). The number of benzene rings is 2. The third kappa shape index (κ3) is 4.35. The third-order valence-corrected chi connectivity index (χ3v) is 4.23. The van der Waals surface area contributed by atoms with Gasteiger partial charge < -0.3 is 10.2 Å². The Morgan fingerprint density at radius 3 is 2.37 bits per heavy atom. The maximum Gasteiger partial charge on any atom is 0.270 e. The van der Waals surface area contributed by atoms with Crippen molar-refractivity contribution in [3.05, 3.63) is 71.4 Å². The molecule has 138 valence electrons. The lowest BCUT2D eigenvalue weighted by atomic mass is 10.1. The molecule has 0 aliphatic carbocycles. The Kier molecular flexibility index (Phi) is 5.57. The van der Waals surface area contributed by atoms with Crippen molar-refractivity contribution in [2.45, 2.75) is 0 Å². The number of aromatic nitrogens is 2. The van der Waals surface area contributed by atoms with Crippen LogP contribution in [0.1, 0.15) is 10.5 Å². The highest BCUT2D eigenvalue weighted by Gasteiger charge is 2.18. The fourth-order valence-corrected chi connectivity index (χ4v) is 2.60. The topological polar surface area (TPSA) is 67.2 Å². The molecule has 0 saturated heterocycles. The van der Waals surface area contributed by atoms with E-state index in [4.69, 9.17) is 11.6 Å². The standard InChI is InChI=1S/C20H19ClN4O2/c1-24(2)19(26)13-22-20(27)18-12-17(14-8-10-15(21)11-9-14)23-25(18)16-6-4-3-5-7-16/h3-12H,13H2,1-2H3,(H,22,27). The highest BCUT2D eigenvalue weighted by atomic mass is 35.5. The van der Waals surface area contributed by atoms with Crippen LogP contribution in [0.2, 0.25) is 5.02 Å². The first-order chi connectivity index (χ1) is 13.0. The van der Waals surface area contributed by atoms with Gasteiger partial charge in [0.2, 0.25) is 5.91 Å². The SMILES string of the molecule is CN(C)C(=O)CNC(=O)c1cc(-c2ccc(Cl)cc2)nn1-c1ccccc1. The first-order valence-corrected chi connectivity index (χ1v) is 8.73. The molecule has 0 radical (unpaired) electrons. The zero-order valence-corrected chi connectivity index (χ0v) is 15.8. The summed E-state index contributed by atoms with van der Waals surface area (Å²) in [6.45, 7) is -0.0813. The van der Waals surface area contributed by atoms with E-state index in [-0.39, 0.29) is 18.4 Å². The minimum atomic E-state index is -0.373. The summed E-state index contributed by atoms with van der Waals surface area (Å²) in [5, 5.41) is 7.86. The molecule has 0 saturated carbocycles. The number of nitrogens with zero attached hydrogens (tertiary/aromatic N) is 3. The number of hydrogen-bond donors (Lipinski definition) is 1. The Bertz CT molecular complexity index is 950. The van der Waals surface area contributed by atoms with Crippen LogP contribution in [0.25, 0.3) is 16.9 Å². The summed E-state index contributed by atoms with van der Waals surface area (Å²) in [6.07, 6.45) is 0. The predicted molar refractivity (Wildman–Crippen MR) is 105 cm³/mol. The van der Waals surface area contributed by atoms with Crippen molar-refractivity contribution >= 4 is 23.4 Å². The van der Waals surface area contributed by atoms with E-state index in [0.717, 1.165) is 11.3 Å². The summed E-state index contributed by atoms with van der Waals surface area (Å²) in [5.41, 5.74) is 2.58. The Morgan fingerprint density at radius 1 is 1.07 bits per heavy atom. The quantitative estimate of drug-likeness (QED) is 0.737. The van der Waals surface area contributed by atoms with E-state index in [1.54, 1.807) is 37.0 Å². The zero-order chi connectivity index (χ0) is 19.4. The van der Waals surface area contributed by atoms with Crippen molar-refractivity contribution in [3.8, 4) is 16.9 Å². The molecule has 7 heteroatoms. The number of carbonyl (C=O) groups is 2. The number of para-hydroxylation sites is 1. The second kappa shape index (κ2) is 8.05. The second-order valence-corrected chi connectivity index (χ2v) is 6.58. The molecule has 6 nitrogen and oxygen atoms in total. The van der Waals surface area contributed by atoms with Gasteiger partial charge in [0.1, 0.15) is 5.69 Å². The van der Waals surface area contributed by atoms with Crippen LogP contribution in [-0.4, -0.2) is 47.1 Å². The molecule has 2 aromatic carbocycles. The fraction of sp³-hybridized carbons (Fsp3) is 0.150. The van der Waals surface area contributed by atoms with Crippen LogP contribution in [0.4, 0.5) is 0 Å². The van der Waals surface area contributed by atoms with Crippen molar-refractivity contribution in [2.24, 2.45) is 0 Å². The van der Waals surface area contributed by atoms with Gasteiger partial charge in [-0.3, -0.25) is 9.59 Å². The number of rotatable bonds is 5. The highest BCUT2D eigenvalue weighted by Crippen LogP contribution is 2.23. The zero-order valence-electron chi connectivity index (χ0n) is 15.0. The van der Waals surface area contributed by atoms with E-state index in [2.05, 4.69) is 10.4 Å². The highest BCUT2D eigenvalue weighted by molar-refractivity contribution is 6.30. The van der Waals surface area contributed by atoms with Gasteiger partial charge in [-0.2, -0.15) is 5.10 Å². The maximum atomic E-state index is 12.7.